The fourth-order valence-corrected chi connectivity index (χ4v) is 1.74. The molecule has 0 amide bonds. The molecular formula is C12H19F3N4O. The maximum absolute atomic E-state index is 12.4. The molecule has 1 rings (SSSR count). The second-order valence-electron chi connectivity index (χ2n) is 5.32. The third kappa shape index (κ3) is 4.43. The highest BCUT2D eigenvalue weighted by Gasteiger charge is 2.32. The van der Waals surface area contributed by atoms with E-state index in [0.717, 1.165) is 18.8 Å². The van der Waals surface area contributed by atoms with E-state index in [2.05, 4.69) is 10.3 Å². The number of halogens is 3. The zero-order valence-corrected chi connectivity index (χ0v) is 11.5. The van der Waals surface area contributed by atoms with E-state index in [9.17, 15) is 13.2 Å². The van der Waals surface area contributed by atoms with E-state index in [1.807, 2.05) is 13.8 Å². The Labute approximate surface area is 115 Å². The Morgan fingerprint density at radius 3 is 2.55 bits per heavy atom. The van der Waals surface area contributed by atoms with E-state index in [0.29, 0.717) is 19.4 Å². The van der Waals surface area contributed by atoms with Crippen LogP contribution in [0.25, 0.3) is 0 Å². The van der Waals surface area contributed by atoms with Crippen LogP contribution in [0.2, 0.25) is 0 Å². The Hall–Kier alpha value is -1.73. The molecule has 1 heterocycles. The number of alkyl halides is 3. The largest absolute Gasteiger partial charge is 0.419 e. The molecule has 1 aromatic heterocycles. The van der Waals surface area contributed by atoms with Gasteiger partial charge in [0, 0.05) is 18.2 Å². The van der Waals surface area contributed by atoms with Gasteiger partial charge < -0.3 is 10.9 Å². The number of nitrogens with two attached hydrogens (primary N) is 1. The minimum Gasteiger partial charge on any atom is -0.409 e. The van der Waals surface area contributed by atoms with Crippen LogP contribution in [-0.4, -0.2) is 20.8 Å². The minimum absolute atomic E-state index is 0.149. The monoisotopic (exact) mass is 292 g/mol. The van der Waals surface area contributed by atoms with Crippen molar-refractivity contribution in [3.05, 3.63) is 18.0 Å². The van der Waals surface area contributed by atoms with E-state index >= 15 is 0 Å². The molecule has 0 saturated carbocycles. The average molecular weight is 292 g/mol. The van der Waals surface area contributed by atoms with E-state index in [1.54, 1.807) is 0 Å². The van der Waals surface area contributed by atoms with Crippen LogP contribution in [0.15, 0.2) is 17.5 Å². The van der Waals surface area contributed by atoms with Crippen molar-refractivity contribution in [3.8, 4) is 0 Å². The van der Waals surface area contributed by atoms with Crippen LogP contribution in [0.3, 0.4) is 0 Å². The molecule has 8 heteroatoms. The highest BCUT2D eigenvalue weighted by Crippen LogP contribution is 2.28. The highest BCUT2D eigenvalue weighted by atomic mass is 19.4. The Kier molecular flexibility index (Phi) is 5.02. The number of oxime groups is 1. The molecular weight excluding hydrogens is 273 g/mol. The molecule has 0 unspecified atom stereocenters. The third-order valence-corrected chi connectivity index (χ3v) is 3.20. The summed E-state index contributed by atoms with van der Waals surface area (Å²) in [5.74, 6) is 0.149. The van der Waals surface area contributed by atoms with Gasteiger partial charge in [0.2, 0.25) is 0 Å². The number of hydrogen-bond donors (Lipinski definition) is 2. The lowest BCUT2D eigenvalue weighted by Crippen LogP contribution is -2.31. The van der Waals surface area contributed by atoms with Gasteiger partial charge in [0.05, 0.1) is 11.8 Å². The predicted octanol–water partition coefficient (Wildman–Crippen LogP) is 2.84. The van der Waals surface area contributed by atoms with Gasteiger partial charge in [-0.05, 0) is 12.8 Å². The van der Waals surface area contributed by atoms with Crippen LogP contribution >= 0.6 is 0 Å². The van der Waals surface area contributed by atoms with Crippen LogP contribution in [0.5, 0.6) is 0 Å². The first kappa shape index (κ1) is 16.3. The molecule has 0 saturated heterocycles. The number of aromatic nitrogens is 2. The van der Waals surface area contributed by atoms with Gasteiger partial charge in [0.1, 0.15) is 5.84 Å². The van der Waals surface area contributed by atoms with Crippen molar-refractivity contribution in [1.82, 2.24) is 9.78 Å². The number of amidine groups is 1. The molecule has 20 heavy (non-hydrogen) atoms. The smallest absolute Gasteiger partial charge is 0.409 e. The summed E-state index contributed by atoms with van der Waals surface area (Å²) < 4.78 is 38.4. The summed E-state index contributed by atoms with van der Waals surface area (Å²) in [4.78, 5) is 0. The number of hydrogen-bond acceptors (Lipinski definition) is 3. The molecule has 0 spiro atoms. The van der Waals surface area contributed by atoms with Crippen molar-refractivity contribution >= 4 is 5.84 Å². The lowest BCUT2D eigenvalue weighted by Gasteiger charge is -2.22. The van der Waals surface area contributed by atoms with Gasteiger partial charge >= 0.3 is 6.18 Å². The molecule has 5 nitrogen and oxygen atoms in total. The topological polar surface area (TPSA) is 76.4 Å². The van der Waals surface area contributed by atoms with Crippen LogP contribution < -0.4 is 5.73 Å². The maximum atomic E-state index is 12.4. The van der Waals surface area contributed by atoms with Crippen molar-refractivity contribution in [3.63, 3.8) is 0 Å². The van der Waals surface area contributed by atoms with Crippen LogP contribution in [0.1, 0.15) is 38.7 Å². The van der Waals surface area contributed by atoms with E-state index in [4.69, 9.17) is 10.9 Å². The quantitative estimate of drug-likeness (QED) is 0.278. The van der Waals surface area contributed by atoms with E-state index in [-0.39, 0.29) is 5.84 Å². The molecule has 1 aromatic rings. The molecule has 0 aliphatic carbocycles. The maximum Gasteiger partial charge on any atom is 0.419 e. The van der Waals surface area contributed by atoms with E-state index in [1.165, 1.54) is 4.68 Å². The van der Waals surface area contributed by atoms with Crippen molar-refractivity contribution in [1.29, 1.82) is 0 Å². The van der Waals surface area contributed by atoms with Crippen LogP contribution in [0, 0.1) is 5.41 Å². The highest BCUT2D eigenvalue weighted by molar-refractivity contribution is 5.85. The van der Waals surface area contributed by atoms with Crippen molar-refractivity contribution in [2.24, 2.45) is 16.3 Å². The number of nitrogens with zero attached hydrogens (tertiary/aromatic N) is 3. The zero-order valence-electron chi connectivity index (χ0n) is 11.5. The summed E-state index contributed by atoms with van der Waals surface area (Å²) in [5.41, 5.74) is 4.38. The molecule has 114 valence electrons. The van der Waals surface area contributed by atoms with Crippen LogP contribution in [-0.2, 0) is 12.7 Å². The predicted molar refractivity (Wildman–Crippen MR) is 68.3 cm³/mol. The lowest BCUT2D eigenvalue weighted by molar-refractivity contribution is -0.137. The fraction of sp³-hybridized carbons (Fsp3) is 0.667. The molecule has 0 atom stereocenters. The number of unbranched alkanes of at least 4 members (excludes halogenated alkanes) is 1. The molecule has 0 fully saturated rings. The Balaban J connectivity index is 2.41. The van der Waals surface area contributed by atoms with Gasteiger partial charge in [-0.25, -0.2) is 0 Å². The SMILES string of the molecule is CC(C)(CCCCn1cc(C(F)(F)F)cn1)/C(N)=N/O. The fourth-order valence-electron chi connectivity index (χ4n) is 1.74. The zero-order chi connectivity index (χ0) is 15.4. The summed E-state index contributed by atoms with van der Waals surface area (Å²) in [6.45, 7) is 4.10. The lowest BCUT2D eigenvalue weighted by atomic mass is 9.86. The standard InChI is InChI=1S/C12H19F3N4O/c1-11(2,10(16)18-20)5-3-4-6-19-8-9(7-17-19)12(13,14)15/h7-8,20H,3-6H2,1-2H3,(H2,16,18). The molecule has 0 aliphatic heterocycles. The van der Waals surface area contributed by atoms with E-state index < -0.39 is 17.2 Å². The van der Waals surface area contributed by atoms with Gasteiger partial charge in [-0.15, -0.1) is 0 Å². The second kappa shape index (κ2) is 6.15. The summed E-state index contributed by atoms with van der Waals surface area (Å²) in [7, 11) is 0. The normalized spacial score (nSPS) is 13.8. The Morgan fingerprint density at radius 2 is 2.05 bits per heavy atom. The summed E-state index contributed by atoms with van der Waals surface area (Å²) in [5, 5.41) is 15.3. The first-order valence-electron chi connectivity index (χ1n) is 6.24. The Bertz CT molecular complexity index is 466. The Morgan fingerprint density at radius 1 is 1.40 bits per heavy atom. The van der Waals surface area contributed by atoms with Crippen molar-refractivity contribution in [2.45, 2.75) is 45.8 Å². The first-order chi connectivity index (χ1) is 9.16. The minimum atomic E-state index is -4.35. The van der Waals surface area contributed by atoms with Crippen LogP contribution in [0.4, 0.5) is 13.2 Å². The molecule has 3 N–H and O–H groups in total. The molecule has 0 radical (unpaired) electrons. The van der Waals surface area contributed by atoms with Gasteiger partial charge in [-0.2, -0.15) is 18.3 Å². The summed E-state index contributed by atoms with van der Waals surface area (Å²) in [6.07, 6.45) is -0.455. The van der Waals surface area contributed by atoms with Crippen molar-refractivity contribution < 1.29 is 18.4 Å². The van der Waals surface area contributed by atoms with Gasteiger partial charge in [-0.1, -0.05) is 25.4 Å². The molecule has 0 aliphatic rings. The van der Waals surface area contributed by atoms with Gasteiger partial charge in [0.15, 0.2) is 0 Å². The van der Waals surface area contributed by atoms with Gasteiger partial charge in [-0.3, -0.25) is 4.68 Å². The average Bonchev–Trinajstić information content (AvgIpc) is 2.82. The second-order valence-corrected chi connectivity index (χ2v) is 5.32. The number of aryl methyl sites for hydroxylation is 1. The summed E-state index contributed by atoms with van der Waals surface area (Å²) >= 11 is 0. The molecule has 0 aromatic carbocycles. The third-order valence-electron chi connectivity index (χ3n) is 3.20. The number of rotatable bonds is 6. The first-order valence-corrected chi connectivity index (χ1v) is 6.24. The van der Waals surface area contributed by atoms with Gasteiger partial charge in [0.25, 0.3) is 0 Å². The molecule has 0 bridgehead atoms. The van der Waals surface area contributed by atoms with Crippen molar-refractivity contribution in [2.75, 3.05) is 0 Å². The summed E-state index contributed by atoms with van der Waals surface area (Å²) in [6, 6.07) is 0.